The molecule has 33 heavy (non-hydrogen) atoms. The third-order valence-electron chi connectivity index (χ3n) is 5.05. The maximum absolute atomic E-state index is 12.8. The highest BCUT2D eigenvalue weighted by molar-refractivity contribution is 6.31. The molecule has 2 aromatic heterocycles. The quantitative estimate of drug-likeness (QED) is 0.314. The Morgan fingerprint density at radius 1 is 1.18 bits per heavy atom. The molecular weight excluding hydrogens is 448 g/mol. The predicted octanol–water partition coefficient (Wildman–Crippen LogP) is 2.56. The van der Waals surface area contributed by atoms with Crippen LogP contribution in [-0.4, -0.2) is 36.7 Å². The SMILES string of the molecule is O=C(Cc1ccccc1Cl)NCCn1ncc2c(=O)n(Cc3cccc([N+](=O)[O-])c3)cnc21. The number of aromatic nitrogens is 4. The van der Waals surface area contributed by atoms with Crippen LogP contribution in [-0.2, 0) is 24.3 Å². The summed E-state index contributed by atoms with van der Waals surface area (Å²) in [4.78, 5) is 39.8. The van der Waals surface area contributed by atoms with Crippen molar-refractivity contribution in [2.24, 2.45) is 0 Å². The van der Waals surface area contributed by atoms with Gasteiger partial charge >= 0.3 is 0 Å². The molecular formula is C22H19ClN6O4. The number of fused-ring (bicyclic) bond motifs is 1. The summed E-state index contributed by atoms with van der Waals surface area (Å²) in [5, 5.41) is 18.9. The van der Waals surface area contributed by atoms with E-state index < -0.39 is 4.92 Å². The van der Waals surface area contributed by atoms with E-state index in [0.29, 0.717) is 34.7 Å². The summed E-state index contributed by atoms with van der Waals surface area (Å²) in [6.07, 6.45) is 2.98. The zero-order valence-electron chi connectivity index (χ0n) is 17.3. The maximum Gasteiger partial charge on any atom is 0.269 e. The van der Waals surface area contributed by atoms with Crippen LogP contribution in [0.2, 0.25) is 5.02 Å². The second-order valence-corrected chi connectivity index (χ2v) is 7.73. The average molecular weight is 467 g/mol. The van der Waals surface area contributed by atoms with Crippen LogP contribution in [0.1, 0.15) is 11.1 Å². The molecule has 0 spiro atoms. The summed E-state index contributed by atoms with van der Waals surface area (Å²) in [5.41, 5.74) is 1.41. The lowest BCUT2D eigenvalue weighted by Gasteiger charge is -2.08. The summed E-state index contributed by atoms with van der Waals surface area (Å²) in [6, 6.07) is 13.2. The highest BCUT2D eigenvalue weighted by Gasteiger charge is 2.12. The molecule has 4 aromatic rings. The van der Waals surface area contributed by atoms with Gasteiger partial charge in [0.1, 0.15) is 11.7 Å². The number of nitro groups is 1. The summed E-state index contributed by atoms with van der Waals surface area (Å²) >= 11 is 6.09. The summed E-state index contributed by atoms with van der Waals surface area (Å²) in [7, 11) is 0. The number of non-ortho nitro benzene ring substituents is 1. The number of hydrogen-bond donors (Lipinski definition) is 1. The van der Waals surface area contributed by atoms with Crippen LogP contribution in [0, 0.1) is 10.1 Å². The van der Waals surface area contributed by atoms with Gasteiger partial charge in [-0.2, -0.15) is 5.10 Å². The van der Waals surface area contributed by atoms with Gasteiger partial charge in [0.15, 0.2) is 5.65 Å². The zero-order chi connectivity index (χ0) is 23.4. The van der Waals surface area contributed by atoms with Gasteiger partial charge in [0.25, 0.3) is 11.2 Å². The Morgan fingerprint density at radius 3 is 2.79 bits per heavy atom. The van der Waals surface area contributed by atoms with Crippen molar-refractivity contribution in [3.05, 3.63) is 97.7 Å². The Kier molecular flexibility index (Phi) is 6.45. The minimum absolute atomic E-state index is 0.0426. The van der Waals surface area contributed by atoms with Crippen LogP contribution in [0.3, 0.4) is 0 Å². The highest BCUT2D eigenvalue weighted by Crippen LogP contribution is 2.16. The Balaban J connectivity index is 1.42. The van der Waals surface area contributed by atoms with E-state index in [1.807, 2.05) is 6.07 Å². The van der Waals surface area contributed by atoms with Gasteiger partial charge in [-0.25, -0.2) is 9.67 Å². The first-order valence-corrected chi connectivity index (χ1v) is 10.4. The molecule has 0 atom stereocenters. The van der Waals surface area contributed by atoms with Crippen LogP contribution in [0.25, 0.3) is 11.0 Å². The molecule has 2 heterocycles. The molecule has 1 N–H and O–H groups in total. The molecule has 0 saturated heterocycles. The van der Waals surface area contributed by atoms with E-state index in [1.54, 1.807) is 35.0 Å². The number of halogens is 1. The molecule has 11 heteroatoms. The van der Waals surface area contributed by atoms with Crippen LogP contribution in [0.4, 0.5) is 5.69 Å². The Bertz CT molecular complexity index is 1400. The topological polar surface area (TPSA) is 125 Å². The fraction of sp³-hybridized carbons (Fsp3) is 0.182. The molecule has 2 aromatic carbocycles. The first-order chi connectivity index (χ1) is 15.9. The molecule has 10 nitrogen and oxygen atoms in total. The van der Waals surface area contributed by atoms with Gasteiger partial charge in [0.2, 0.25) is 5.91 Å². The van der Waals surface area contributed by atoms with E-state index in [2.05, 4.69) is 15.4 Å². The minimum atomic E-state index is -0.481. The van der Waals surface area contributed by atoms with Crippen molar-refractivity contribution in [1.82, 2.24) is 24.6 Å². The lowest BCUT2D eigenvalue weighted by molar-refractivity contribution is -0.384. The first-order valence-electron chi connectivity index (χ1n) is 10.1. The van der Waals surface area contributed by atoms with E-state index in [1.165, 1.54) is 29.2 Å². The molecule has 0 bridgehead atoms. The first kappa shape index (κ1) is 22.2. The third-order valence-corrected chi connectivity index (χ3v) is 5.42. The normalized spacial score (nSPS) is 10.9. The van der Waals surface area contributed by atoms with Crippen molar-refractivity contribution in [1.29, 1.82) is 0 Å². The number of nitrogens with zero attached hydrogens (tertiary/aromatic N) is 5. The van der Waals surface area contributed by atoms with Gasteiger partial charge in [0, 0.05) is 23.7 Å². The number of carbonyl (C=O) groups excluding carboxylic acids is 1. The molecule has 0 radical (unpaired) electrons. The fourth-order valence-corrected chi connectivity index (χ4v) is 3.62. The van der Waals surface area contributed by atoms with Gasteiger partial charge in [-0.1, -0.05) is 41.9 Å². The number of hydrogen-bond acceptors (Lipinski definition) is 6. The molecule has 0 aliphatic rings. The number of amides is 1. The van der Waals surface area contributed by atoms with E-state index in [0.717, 1.165) is 5.56 Å². The van der Waals surface area contributed by atoms with Crippen LogP contribution in [0.5, 0.6) is 0 Å². The molecule has 0 saturated carbocycles. The molecule has 0 fully saturated rings. The van der Waals surface area contributed by atoms with Crippen molar-refractivity contribution in [2.75, 3.05) is 6.54 Å². The third kappa shape index (κ3) is 5.07. The van der Waals surface area contributed by atoms with E-state index >= 15 is 0 Å². The van der Waals surface area contributed by atoms with E-state index in [-0.39, 0.29) is 30.1 Å². The lowest BCUT2D eigenvalue weighted by Crippen LogP contribution is -2.29. The number of rotatable bonds is 8. The summed E-state index contributed by atoms with van der Waals surface area (Å²) in [6.45, 7) is 0.782. The largest absolute Gasteiger partial charge is 0.354 e. The smallest absolute Gasteiger partial charge is 0.269 e. The molecule has 168 valence electrons. The number of benzene rings is 2. The van der Waals surface area contributed by atoms with Crippen LogP contribution in [0.15, 0.2) is 65.8 Å². The molecule has 4 rings (SSSR count). The van der Waals surface area contributed by atoms with E-state index in [9.17, 15) is 19.7 Å². The van der Waals surface area contributed by atoms with Gasteiger partial charge < -0.3 is 5.32 Å². The van der Waals surface area contributed by atoms with Gasteiger partial charge in [-0.15, -0.1) is 0 Å². The summed E-state index contributed by atoms with van der Waals surface area (Å²) < 4.78 is 2.92. The Hall–Kier alpha value is -4.05. The number of nitro benzene ring substituents is 1. The molecule has 1 amide bonds. The lowest BCUT2D eigenvalue weighted by atomic mass is 10.1. The monoisotopic (exact) mass is 466 g/mol. The number of carbonyl (C=O) groups is 1. The predicted molar refractivity (Wildman–Crippen MR) is 122 cm³/mol. The summed E-state index contributed by atoms with van der Waals surface area (Å²) in [5.74, 6) is -0.174. The van der Waals surface area contributed by atoms with Crippen LogP contribution < -0.4 is 10.9 Å². The number of nitrogens with one attached hydrogen (secondary N) is 1. The van der Waals surface area contributed by atoms with Crippen molar-refractivity contribution in [3.63, 3.8) is 0 Å². The standard InChI is InChI=1S/C22H19ClN6O4/c23-19-7-2-1-5-16(19)11-20(30)24-8-9-28-21-18(12-26-28)22(31)27(14-25-21)13-15-4-3-6-17(10-15)29(32)33/h1-7,10,12,14H,8-9,11,13H2,(H,24,30). The van der Waals surface area contributed by atoms with Gasteiger partial charge in [-0.05, 0) is 17.2 Å². The van der Waals surface area contributed by atoms with Gasteiger partial charge in [0.05, 0.1) is 30.6 Å². The van der Waals surface area contributed by atoms with E-state index in [4.69, 9.17) is 11.6 Å². The Morgan fingerprint density at radius 2 is 2.00 bits per heavy atom. The second-order valence-electron chi connectivity index (χ2n) is 7.33. The Labute approximate surface area is 192 Å². The second kappa shape index (κ2) is 9.61. The van der Waals surface area contributed by atoms with Gasteiger partial charge in [-0.3, -0.25) is 24.3 Å². The van der Waals surface area contributed by atoms with Crippen molar-refractivity contribution < 1.29 is 9.72 Å². The fourth-order valence-electron chi connectivity index (χ4n) is 3.42. The van der Waals surface area contributed by atoms with Crippen molar-refractivity contribution >= 4 is 34.2 Å². The average Bonchev–Trinajstić information content (AvgIpc) is 3.21. The molecule has 0 aliphatic heterocycles. The van der Waals surface area contributed by atoms with Crippen molar-refractivity contribution in [3.8, 4) is 0 Å². The maximum atomic E-state index is 12.8. The minimum Gasteiger partial charge on any atom is -0.354 e. The zero-order valence-corrected chi connectivity index (χ0v) is 18.1. The van der Waals surface area contributed by atoms with Crippen molar-refractivity contribution in [2.45, 2.75) is 19.5 Å². The highest BCUT2D eigenvalue weighted by atomic mass is 35.5. The van der Waals surface area contributed by atoms with Crippen LogP contribution >= 0.6 is 11.6 Å². The molecule has 0 aliphatic carbocycles. The molecule has 0 unspecified atom stereocenters.